The van der Waals surface area contributed by atoms with E-state index in [1.807, 2.05) is 0 Å². The van der Waals surface area contributed by atoms with E-state index < -0.39 is 33.6 Å². The Morgan fingerprint density at radius 3 is 2.47 bits per heavy atom. The number of aromatic carboxylic acids is 1. The number of phenolic OH excluding ortho intramolecular Hbond substituents is 1. The molecule has 0 aliphatic rings. The highest BCUT2D eigenvalue weighted by Gasteiger charge is 2.30. The molecule has 0 aliphatic heterocycles. The summed E-state index contributed by atoms with van der Waals surface area (Å²) in [6, 6.07) is 1.02. The van der Waals surface area contributed by atoms with Crippen molar-refractivity contribution in [2.24, 2.45) is 0 Å². The Kier molecular flexibility index (Phi) is 3.52. The third kappa shape index (κ3) is 2.27. The molecule has 0 amide bonds. The number of nitro groups is 1. The molecule has 7 nitrogen and oxygen atoms in total. The largest absolute Gasteiger partial charge is 0.504 e. The minimum absolute atomic E-state index is 0.0881. The lowest BCUT2D eigenvalue weighted by Gasteiger charge is -2.08. The number of carbonyl (C=O) groups is 1. The number of nitrogens with zero attached hydrogens (tertiary/aromatic N) is 1. The first-order chi connectivity index (χ1) is 7.90. The zero-order chi connectivity index (χ0) is 13.2. The Morgan fingerprint density at radius 1 is 1.47 bits per heavy atom. The second-order valence-electron chi connectivity index (χ2n) is 3.44. The van der Waals surface area contributed by atoms with Crippen molar-refractivity contribution in [3.05, 3.63) is 27.3 Å². The number of rotatable bonds is 4. The molecule has 0 bridgehead atoms. The smallest absolute Gasteiger partial charge is 0.346 e. The van der Waals surface area contributed by atoms with Gasteiger partial charge in [0.15, 0.2) is 17.1 Å². The SMILES string of the molecule is CCCc1cc(O)c(O)c(C(=O)O)c1[N+](=O)[O-]. The fraction of sp³-hybridized carbons (Fsp3) is 0.300. The van der Waals surface area contributed by atoms with Crippen LogP contribution in [0, 0.1) is 10.1 Å². The van der Waals surface area contributed by atoms with Gasteiger partial charge in [-0.3, -0.25) is 10.1 Å². The number of hydrogen-bond acceptors (Lipinski definition) is 5. The normalized spacial score (nSPS) is 10.2. The topological polar surface area (TPSA) is 121 Å². The Balaban J connectivity index is 3.63. The van der Waals surface area contributed by atoms with Gasteiger partial charge >= 0.3 is 5.97 Å². The fourth-order valence-electron chi connectivity index (χ4n) is 1.57. The molecule has 0 radical (unpaired) electrons. The van der Waals surface area contributed by atoms with E-state index >= 15 is 0 Å². The van der Waals surface area contributed by atoms with Gasteiger partial charge in [-0.25, -0.2) is 4.79 Å². The summed E-state index contributed by atoms with van der Waals surface area (Å²) in [4.78, 5) is 20.8. The van der Waals surface area contributed by atoms with Gasteiger partial charge in [-0.2, -0.15) is 0 Å². The zero-order valence-corrected chi connectivity index (χ0v) is 9.01. The predicted octanol–water partition coefficient (Wildman–Crippen LogP) is 1.66. The van der Waals surface area contributed by atoms with E-state index in [0.29, 0.717) is 6.42 Å². The lowest BCUT2D eigenvalue weighted by Crippen LogP contribution is -2.06. The molecular formula is C10H11NO6. The average Bonchev–Trinajstić information content (AvgIpc) is 2.21. The molecule has 0 unspecified atom stereocenters. The molecule has 0 spiro atoms. The highest BCUT2D eigenvalue weighted by molar-refractivity contribution is 5.97. The lowest BCUT2D eigenvalue weighted by atomic mass is 10.0. The van der Waals surface area contributed by atoms with E-state index in [-0.39, 0.29) is 12.0 Å². The van der Waals surface area contributed by atoms with Gasteiger partial charge in [-0.15, -0.1) is 0 Å². The van der Waals surface area contributed by atoms with Gasteiger partial charge in [0.1, 0.15) is 0 Å². The Bertz CT molecular complexity index is 482. The zero-order valence-electron chi connectivity index (χ0n) is 9.01. The van der Waals surface area contributed by atoms with E-state index in [1.54, 1.807) is 6.92 Å². The summed E-state index contributed by atoms with van der Waals surface area (Å²) in [5.74, 6) is -3.30. The molecule has 0 aliphatic carbocycles. The van der Waals surface area contributed by atoms with Crippen LogP contribution in [-0.2, 0) is 6.42 Å². The van der Waals surface area contributed by atoms with E-state index in [9.17, 15) is 25.1 Å². The quantitative estimate of drug-likeness (QED) is 0.418. The maximum absolute atomic E-state index is 10.9. The van der Waals surface area contributed by atoms with Crippen LogP contribution in [0.2, 0.25) is 0 Å². The maximum atomic E-state index is 10.9. The number of nitro benzene ring substituents is 1. The molecule has 0 aromatic heterocycles. The van der Waals surface area contributed by atoms with Gasteiger partial charge in [0.25, 0.3) is 5.69 Å². The minimum atomic E-state index is -1.65. The van der Waals surface area contributed by atoms with Gasteiger partial charge in [0.2, 0.25) is 0 Å². The summed E-state index contributed by atoms with van der Waals surface area (Å²) in [6.45, 7) is 1.76. The number of carboxylic acids is 1. The maximum Gasteiger partial charge on any atom is 0.346 e. The van der Waals surface area contributed by atoms with E-state index in [1.165, 1.54) is 0 Å². The van der Waals surface area contributed by atoms with Crippen molar-refractivity contribution < 1.29 is 25.0 Å². The Morgan fingerprint density at radius 2 is 2.06 bits per heavy atom. The number of benzene rings is 1. The molecule has 0 atom stereocenters. The van der Waals surface area contributed by atoms with E-state index in [0.717, 1.165) is 6.07 Å². The van der Waals surface area contributed by atoms with Crippen LogP contribution in [0.4, 0.5) is 5.69 Å². The van der Waals surface area contributed by atoms with Crippen molar-refractivity contribution in [2.75, 3.05) is 0 Å². The van der Waals surface area contributed by atoms with Gasteiger partial charge in [0, 0.05) is 5.56 Å². The van der Waals surface area contributed by atoms with Crippen LogP contribution < -0.4 is 0 Å². The molecule has 17 heavy (non-hydrogen) atoms. The van der Waals surface area contributed by atoms with Gasteiger partial charge in [0.05, 0.1) is 4.92 Å². The second-order valence-corrected chi connectivity index (χ2v) is 3.44. The van der Waals surface area contributed by atoms with E-state index in [2.05, 4.69) is 0 Å². The first-order valence-electron chi connectivity index (χ1n) is 4.85. The Hall–Kier alpha value is -2.31. The van der Waals surface area contributed by atoms with Crippen molar-refractivity contribution in [3.8, 4) is 11.5 Å². The number of aromatic hydroxyl groups is 2. The van der Waals surface area contributed by atoms with Gasteiger partial charge in [-0.1, -0.05) is 13.3 Å². The molecule has 92 valence electrons. The summed E-state index contributed by atoms with van der Waals surface area (Å²) in [5.41, 5.74) is -1.46. The van der Waals surface area contributed by atoms with Gasteiger partial charge in [-0.05, 0) is 12.5 Å². The molecular weight excluding hydrogens is 230 g/mol. The van der Waals surface area contributed by atoms with E-state index in [4.69, 9.17) is 5.11 Å². The molecule has 0 saturated carbocycles. The van der Waals surface area contributed by atoms with Crippen LogP contribution in [0.25, 0.3) is 0 Å². The van der Waals surface area contributed by atoms with Crippen LogP contribution in [0.3, 0.4) is 0 Å². The summed E-state index contributed by atoms with van der Waals surface area (Å²) in [6.07, 6.45) is 0.786. The summed E-state index contributed by atoms with van der Waals surface area (Å²) >= 11 is 0. The summed E-state index contributed by atoms with van der Waals surface area (Å²) in [7, 11) is 0. The third-order valence-electron chi connectivity index (χ3n) is 2.25. The summed E-state index contributed by atoms with van der Waals surface area (Å²) < 4.78 is 0. The molecule has 3 N–H and O–H groups in total. The van der Waals surface area contributed by atoms with Crippen molar-refractivity contribution in [3.63, 3.8) is 0 Å². The van der Waals surface area contributed by atoms with Crippen molar-refractivity contribution in [1.82, 2.24) is 0 Å². The van der Waals surface area contributed by atoms with Crippen molar-refractivity contribution >= 4 is 11.7 Å². The van der Waals surface area contributed by atoms with Crippen LogP contribution >= 0.6 is 0 Å². The third-order valence-corrected chi connectivity index (χ3v) is 2.25. The van der Waals surface area contributed by atoms with Crippen molar-refractivity contribution in [2.45, 2.75) is 19.8 Å². The molecule has 0 fully saturated rings. The van der Waals surface area contributed by atoms with Crippen LogP contribution in [-0.4, -0.2) is 26.2 Å². The number of hydrogen-bond donors (Lipinski definition) is 3. The Labute approximate surface area is 96.1 Å². The van der Waals surface area contributed by atoms with Gasteiger partial charge < -0.3 is 15.3 Å². The van der Waals surface area contributed by atoms with Crippen molar-refractivity contribution in [1.29, 1.82) is 0 Å². The second kappa shape index (κ2) is 4.69. The molecule has 7 heteroatoms. The molecule has 0 heterocycles. The predicted molar refractivity (Wildman–Crippen MR) is 57.4 cm³/mol. The summed E-state index contributed by atoms with van der Waals surface area (Å²) in [5, 5.41) is 38.4. The highest BCUT2D eigenvalue weighted by Crippen LogP contribution is 2.39. The molecule has 0 saturated heterocycles. The molecule has 1 aromatic carbocycles. The van der Waals surface area contributed by atoms with Crippen LogP contribution in [0.1, 0.15) is 29.3 Å². The first-order valence-corrected chi connectivity index (χ1v) is 4.85. The average molecular weight is 241 g/mol. The number of carboxylic acid groups (broad SMARTS) is 1. The molecule has 1 rings (SSSR count). The van der Waals surface area contributed by atoms with Crippen LogP contribution in [0.15, 0.2) is 6.07 Å². The fourth-order valence-corrected chi connectivity index (χ4v) is 1.57. The standard InChI is InChI=1S/C10H11NO6/c1-2-3-5-4-6(12)9(13)7(10(14)15)8(5)11(16)17/h4,12-13H,2-3H2,1H3,(H,14,15). The monoisotopic (exact) mass is 241 g/mol. The lowest BCUT2D eigenvalue weighted by molar-refractivity contribution is -0.386. The highest BCUT2D eigenvalue weighted by atomic mass is 16.6. The molecule has 1 aromatic rings. The first kappa shape index (κ1) is 12.8. The minimum Gasteiger partial charge on any atom is -0.504 e. The number of aryl methyl sites for hydroxylation is 1. The van der Waals surface area contributed by atoms with Crippen LogP contribution in [0.5, 0.6) is 11.5 Å². The number of phenols is 2.